The van der Waals surface area contributed by atoms with Crippen LogP contribution in [-0.2, 0) is 10.2 Å². The van der Waals surface area contributed by atoms with Crippen LogP contribution in [0.1, 0.15) is 44.4 Å². The number of rotatable bonds is 3. The zero-order valence-electron chi connectivity index (χ0n) is 11.4. The lowest BCUT2D eigenvalue weighted by atomic mass is 9.85. The zero-order valence-corrected chi connectivity index (χ0v) is 11.4. The van der Waals surface area contributed by atoms with Crippen LogP contribution in [0.5, 0.6) is 0 Å². The molecule has 1 atom stereocenters. The zero-order chi connectivity index (χ0) is 13.3. The Morgan fingerprint density at radius 1 is 1.28 bits per heavy atom. The highest BCUT2D eigenvalue weighted by Crippen LogP contribution is 2.34. The minimum absolute atomic E-state index is 0.172. The highest BCUT2D eigenvalue weighted by molar-refractivity contribution is 5.83. The van der Waals surface area contributed by atoms with Gasteiger partial charge >= 0.3 is 0 Å². The Labute approximate surface area is 109 Å². The van der Waals surface area contributed by atoms with Gasteiger partial charge in [0, 0.05) is 13.1 Å². The number of benzene rings is 1. The molecule has 1 aromatic carbocycles. The fourth-order valence-corrected chi connectivity index (χ4v) is 2.38. The number of likely N-dealkylation sites (tertiary alicyclic amines) is 1. The van der Waals surface area contributed by atoms with E-state index in [2.05, 4.69) is 45.0 Å². The molecule has 3 nitrogen and oxygen atoms in total. The Morgan fingerprint density at radius 3 is 2.33 bits per heavy atom. The molecule has 1 heterocycles. The van der Waals surface area contributed by atoms with E-state index in [4.69, 9.17) is 5.73 Å². The number of β-lactam (4-membered cyclic amide) rings is 1. The lowest BCUT2D eigenvalue weighted by molar-refractivity contribution is -0.146. The fourth-order valence-electron chi connectivity index (χ4n) is 2.38. The maximum Gasteiger partial charge on any atom is 0.225 e. The summed E-state index contributed by atoms with van der Waals surface area (Å²) in [6, 6.07) is 8.84. The number of hydrogen-bond acceptors (Lipinski definition) is 2. The molecular formula is C15H22N2O. The van der Waals surface area contributed by atoms with E-state index in [-0.39, 0.29) is 17.4 Å². The molecule has 0 bridgehead atoms. The third-order valence-corrected chi connectivity index (χ3v) is 3.60. The molecule has 98 valence electrons. The van der Waals surface area contributed by atoms with Crippen LogP contribution in [0.3, 0.4) is 0 Å². The molecule has 2 rings (SSSR count). The molecule has 1 fully saturated rings. The molecule has 0 aromatic heterocycles. The maximum absolute atomic E-state index is 11.5. The summed E-state index contributed by atoms with van der Waals surface area (Å²) >= 11 is 0. The number of carbonyl (C=O) groups excluding carboxylic acids is 1. The summed E-state index contributed by atoms with van der Waals surface area (Å²) in [4.78, 5) is 13.4. The largest absolute Gasteiger partial charge is 0.334 e. The van der Waals surface area contributed by atoms with Gasteiger partial charge in [0.1, 0.15) is 0 Å². The second-order valence-corrected chi connectivity index (χ2v) is 5.97. The summed E-state index contributed by atoms with van der Waals surface area (Å²) in [5.41, 5.74) is 8.24. The standard InChI is InChI=1S/C15H22N2O/c1-15(2,3)12-6-4-11(5-7-12)13-10-14(18)17(13)9-8-16/h4-7,13H,8-10,16H2,1-3H3. The number of nitrogens with two attached hydrogens (primary N) is 1. The van der Waals surface area contributed by atoms with E-state index in [0.717, 1.165) is 0 Å². The van der Waals surface area contributed by atoms with Crippen molar-refractivity contribution < 1.29 is 4.79 Å². The molecule has 1 saturated heterocycles. The second-order valence-electron chi connectivity index (χ2n) is 5.97. The van der Waals surface area contributed by atoms with Gasteiger partial charge in [-0.1, -0.05) is 45.0 Å². The Hall–Kier alpha value is -1.35. The summed E-state index contributed by atoms with van der Waals surface area (Å²) in [7, 11) is 0. The molecule has 0 radical (unpaired) electrons. The van der Waals surface area contributed by atoms with Gasteiger partial charge < -0.3 is 10.6 Å². The molecule has 0 spiro atoms. The quantitative estimate of drug-likeness (QED) is 0.831. The highest BCUT2D eigenvalue weighted by Gasteiger charge is 2.36. The van der Waals surface area contributed by atoms with Crippen molar-refractivity contribution in [2.75, 3.05) is 13.1 Å². The molecule has 1 aliphatic rings. The van der Waals surface area contributed by atoms with E-state index in [1.807, 2.05) is 4.90 Å². The smallest absolute Gasteiger partial charge is 0.225 e. The molecule has 0 saturated carbocycles. The molecular weight excluding hydrogens is 224 g/mol. The summed E-state index contributed by atoms with van der Waals surface area (Å²) < 4.78 is 0. The lowest BCUT2D eigenvalue weighted by Crippen LogP contribution is -2.48. The second kappa shape index (κ2) is 4.73. The lowest BCUT2D eigenvalue weighted by Gasteiger charge is -2.40. The predicted molar refractivity (Wildman–Crippen MR) is 73.3 cm³/mol. The molecule has 3 heteroatoms. The summed E-state index contributed by atoms with van der Waals surface area (Å²) in [5, 5.41) is 0. The van der Waals surface area contributed by atoms with Gasteiger partial charge in [0.25, 0.3) is 0 Å². The van der Waals surface area contributed by atoms with Gasteiger partial charge in [-0.25, -0.2) is 0 Å². The van der Waals surface area contributed by atoms with Crippen molar-refractivity contribution in [1.82, 2.24) is 4.90 Å². The fraction of sp³-hybridized carbons (Fsp3) is 0.533. The van der Waals surface area contributed by atoms with Crippen molar-refractivity contribution in [2.24, 2.45) is 5.73 Å². The average molecular weight is 246 g/mol. The van der Waals surface area contributed by atoms with E-state index < -0.39 is 0 Å². The third-order valence-electron chi connectivity index (χ3n) is 3.60. The van der Waals surface area contributed by atoms with Crippen LogP contribution in [0.4, 0.5) is 0 Å². The normalized spacial score (nSPS) is 19.9. The van der Waals surface area contributed by atoms with Gasteiger partial charge in [-0.05, 0) is 16.5 Å². The number of nitrogens with zero attached hydrogens (tertiary/aromatic N) is 1. The van der Waals surface area contributed by atoms with Crippen molar-refractivity contribution >= 4 is 5.91 Å². The monoisotopic (exact) mass is 246 g/mol. The van der Waals surface area contributed by atoms with Crippen LogP contribution >= 0.6 is 0 Å². The van der Waals surface area contributed by atoms with Crippen molar-refractivity contribution in [3.05, 3.63) is 35.4 Å². The van der Waals surface area contributed by atoms with E-state index in [1.54, 1.807) is 0 Å². The van der Waals surface area contributed by atoms with Gasteiger partial charge in [-0.3, -0.25) is 4.79 Å². The first kappa shape index (κ1) is 13.1. The summed E-state index contributed by atoms with van der Waals surface area (Å²) in [6.07, 6.45) is 0.620. The van der Waals surface area contributed by atoms with Crippen molar-refractivity contribution in [1.29, 1.82) is 0 Å². The van der Waals surface area contributed by atoms with Gasteiger partial charge in [0.05, 0.1) is 12.5 Å². The van der Waals surface area contributed by atoms with E-state index in [1.165, 1.54) is 11.1 Å². The van der Waals surface area contributed by atoms with Crippen LogP contribution in [0.15, 0.2) is 24.3 Å². The molecule has 0 aliphatic carbocycles. The van der Waals surface area contributed by atoms with Crippen molar-refractivity contribution in [3.8, 4) is 0 Å². The van der Waals surface area contributed by atoms with Crippen LogP contribution in [-0.4, -0.2) is 23.9 Å². The first-order chi connectivity index (χ1) is 8.43. The minimum Gasteiger partial charge on any atom is -0.334 e. The van der Waals surface area contributed by atoms with Gasteiger partial charge in [-0.15, -0.1) is 0 Å². The number of carbonyl (C=O) groups is 1. The maximum atomic E-state index is 11.5. The predicted octanol–water partition coefficient (Wildman–Crippen LogP) is 2.22. The Balaban J connectivity index is 2.13. The van der Waals surface area contributed by atoms with E-state index >= 15 is 0 Å². The van der Waals surface area contributed by atoms with Crippen LogP contribution in [0.2, 0.25) is 0 Å². The Kier molecular flexibility index (Phi) is 3.44. The summed E-state index contributed by atoms with van der Waals surface area (Å²) in [6.45, 7) is 7.80. The first-order valence-electron chi connectivity index (χ1n) is 6.53. The average Bonchev–Trinajstić information content (AvgIpc) is 2.32. The molecule has 1 aromatic rings. The third kappa shape index (κ3) is 2.41. The Morgan fingerprint density at radius 2 is 1.89 bits per heavy atom. The van der Waals surface area contributed by atoms with Crippen LogP contribution < -0.4 is 5.73 Å². The highest BCUT2D eigenvalue weighted by atomic mass is 16.2. The van der Waals surface area contributed by atoms with Crippen LogP contribution in [0.25, 0.3) is 0 Å². The van der Waals surface area contributed by atoms with Crippen LogP contribution in [0, 0.1) is 0 Å². The number of hydrogen-bond donors (Lipinski definition) is 1. The van der Waals surface area contributed by atoms with Crippen molar-refractivity contribution in [3.63, 3.8) is 0 Å². The van der Waals surface area contributed by atoms with E-state index in [0.29, 0.717) is 19.5 Å². The number of amides is 1. The topological polar surface area (TPSA) is 46.3 Å². The molecule has 1 amide bonds. The molecule has 1 unspecified atom stereocenters. The Bertz CT molecular complexity index is 431. The van der Waals surface area contributed by atoms with E-state index in [9.17, 15) is 4.79 Å². The minimum atomic E-state index is 0.172. The summed E-state index contributed by atoms with van der Waals surface area (Å²) in [5.74, 6) is 0.213. The molecule has 1 aliphatic heterocycles. The SMILES string of the molecule is CC(C)(C)c1ccc(C2CC(=O)N2CCN)cc1. The van der Waals surface area contributed by atoms with Gasteiger partial charge in [0.15, 0.2) is 0 Å². The van der Waals surface area contributed by atoms with Gasteiger partial charge in [0.2, 0.25) is 5.91 Å². The molecule has 18 heavy (non-hydrogen) atoms. The van der Waals surface area contributed by atoms with Crippen molar-refractivity contribution in [2.45, 2.75) is 38.6 Å². The first-order valence-corrected chi connectivity index (χ1v) is 6.53. The molecule has 2 N–H and O–H groups in total. The van der Waals surface area contributed by atoms with Gasteiger partial charge in [-0.2, -0.15) is 0 Å².